The molecule has 3 N–H and O–H groups in total. The van der Waals surface area contributed by atoms with Crippen LogP contribution < -0.4 is 5.73 Å². The molecular formula is C12H16N4O2S. The Morgan fingerprint density at radius 1 is 1.42 bits per heavy atom. The molecule has 7 heteroatoms. The molecule has 1 heterocycles. The maximum atomic E-state index is 12.4. The molecule has 1 aromatic heterocycles. The zero-order valence-corrected chi connectivity index (χ0v) is 11.4. The van der Waals surface area contributed by atoms with E-state index < -0.39 is 10.0 Å². The first kappa shape index (κ1) is 13.7. The lowest BCUT2D eigenvalue weighted by molar-refractivity contribution is 0.458. The molecule has 0 aliphatic carbocycles. The van der Waals surface area contributed by atoms with Crippen molar-refractivity contribution in [2.24, 2.45) is 5.73 Å². The highest BCUT2D eigenvalue weighted by Gasteiger charge is 2.21. The van der Waals surface area contributed by atoms with Crippen molar-refractivity contribution in [2.45, 2.75) is 18.0 Å². The highest BCUT2D eigenvalue weighted by Crippen LogP contribution is 2.17. The van der Waals surface area contributed by atoms with E-state index in [1.807, 2.05) is 0 Å². The number of nitrogens with two attached hydrogens (primary N) is 1. The van der Waals surface area contributed by atoms with Gasteiger partial charge in [0.05, 0.1) is 11.4 Å². The van der Waals surface area contributed by atoms with E-state index in [2.05, 4.69) is 9.97 Å². The second-order valence-corrected chi connectivity index (χ2v) is 6.19. The Morgan fingerprint density at radius 3 is 2.84 bits per heavy atom. The van der Waals surface area contributed by atoms with Crippen molar-refractivity contribution in [3.8, 4) is 0 Å². The molecular weight excluding hydrogens is 264 g/mol. The predicted octanol–water partition coefficient (Wildman–Crippen LogP) is 0.689. The van der Waals surface area contributed by atoms with Crippen molar-refractivity contribution in [1.82, 2.24) is 14.3 Å². The molecule has 1 aromatic carbocycles. The van der Waals surface area contributed by atoms with Gasteiger partial charge in [-0.05, 0) is 17.7 Å². The van der Waals surface area contributed by atoms with Gasteiger partial charge < -0.3 is 10.7 Å². The van der Waals surface area contributed by atoms with Crippen molar-refractivity contribution in [3.63, 3.8) is 0 Å². The van der Waals surface area contributed by atoms with Crippen molar-refractivity contribution < 1.29 is 8.42 Å². The maximum absolute atomic E-state index is 12.4. The average Bonchev–Trinajstić information content (AvgIpc) is 2.91. The number of sulfonamides is 1. The fraction of sp³-hybridized carbons (Fsp3) is 0.250. The van der Waals surface area contributed by atoms with Crippen LogP contribution in [0.5, 0.6) is 0 Å². The number of hydrogen-bond donors (Lipinski definition) is 2. The van der Waals surface area contributed by atoms with E-state index in [9.17, 15) is 8.42 Å². The zero-order valence-electron chi connectivity index (χ0n) is 10.6. The molecule has 0 saturated heterocycles. The quantitative estimate of drug-likeness (QED) is 0.842. The Balaban J connectivity index is 2.25. The number of imidazole rings is 1. The topological polar surface area (TPSA) is 92.1 Å². The van der Waals surface area contributed by atoms with Gasteiger partial charge in [0.1, 0.15) is 5.82 Å². The van der Waals surface area contributed by atoms with Crippen molar-refractivity contribution in [2.75, 3.05) is 7.05 Å². The number of aromatic amines is 1. The number of hydrogen-bond acceptors (Lipinski definition) is 4. The fourth-order valence-corrected chi connectivity index (χ4v) is 2.90. The Kier molecular flexibility index (Phi) is 3.98. The third kappa shape index (κ3) is 3.01. The number of nitrogens with zero attached hydrogens (tertiary/aromatic N) is 2. The van der Waals surface area contributed by atoms with Crippen LogP contribution in [-0.2, 0) is 23.1 Å². The van der Waals surface area contributed by atoms with E-state index in [0.29, 0.717) is 12.4 Å². The summed E-state index contributed by atoms with van der Waals surface area (Å²) >= 11 is 0. The number of nitrogens with one attached hydrogen (secondary N) is 1. The Bertz CT molecular complexity index is 638. The van der Waals surface area contributed by atoms with E-state index >= 15 is 0 Å². The molecule has 2 rings (SSSR count). The number of rotatable bonds is 5. The molecule has 0 fully saturated rings. The van der Waals surface area contributed by atoms with Gasteiger partial charge >= 0.3 is 0 Å². The van der Waals surface area contributed by atoms with E-state index in [1.54, 1.807) is 36.7 Å². The molecule has 0 amide bonds. The normalized spacial score (nSPS) is 11.9. The van der Waals surface area contributed by atoms with E-state index in [1.165, 1.54) is 11.4 Å². The summed E-state index contributed by atoms with van der Waals surface area (Å²) in [6.45, 7) is 0.507. The predicted molar refractivity (Wildman–Crippen MR) is 71.6 cm³/mol. The van der Waals surface area contributed by atoms with Gasteiger partial charge in [0.25, 0.3) is 0 Å². The summed E-state index contributed by atoms with van der Waals surface area (Å²) in [5, 5.41) is 0. The average molecular weight is 280 g/mol. The summed E-state index contributed by atoms with van der Waals surface area (Å²) in [5.74, 6) is 0.598. The second-order valence-electron chi connectivity index (χ2n) is 4.15. The van der Waals surface area contributed by atoms with Crippen LogP contribution >= 0.6 is 0 Å². The lowest BCUT2D eigenvalue weighted by Gasteiger charge is -2.16. The summed E-state index contributed by atoms with van der Waals surface area (Å²) in [4.78, 5) is 7.13. The largest absolute Gasteiger partial charge is 0.347 e. The lowest BCUT2D eigenvalue weighted by atomic mass is 10.2. The Hall–Kier alpha value is -1.70. The van der Waals surface area contributed by atoms with Gasteiger partial charge in [0, 0.05) is 26.0 Å². The minimum Gasteiger partial charge on any atom is -0.347 e. The van der Waals surface area contributed by atoms with E-state index in [-0.39, 0.29) is 11.4 Å². The molecule has 6 nitrogen and oxygen atoms in total. The van der Waals surface area contributed by atoms with Gasteiger partial charge in [0.2, 0.25) is 10.0 Å². The molecule has 0 spiro atoms. The minimum absolute atomic E-state index is 0.197. The van der Waals surface area contributed by atoms with Crippen molar-refractivity contribution in [1.29, 1.82) is 0 Å². The standard InChI is InChI=1S/C12H16N4O2S/c1-16(9-12-14-5-6-15-12)19(17,18)11-4-2-3-10(7-11)8-13/h2-7H,8-9,13H2,1H3,(H,14,15). The smallest absolute Gasteiger partial charge is 0.243 e. The van der Waals surface area contributed by atoms with Crippen LogP contribution in [-0.4, -0.2) is 29.7 Å². The maximum Gasteiger partial charge on any atom is 0.243 e. The first-order valence-electron chi connectivity index (χ1n) is 5.77. The van der Waals surface area contributed by atoms with Gasteiger partial charge in [-0.1, -0.05) is 12.1 Å². The monoisotopic (exact) mass is 280 g/mol. The van der Waals surface area contributed by atoms with Crippen LogP contribution in [0.15, 0.2) is 41.6 Å². The van der Waals surface area contributed by atoms with Crippen LogP contribution in [0.3, 0.4) is 0 Å². The summed E-state index contributed by atoms with van der Waals surface area (Å²) in [6, 6.07) is 6.64. The van der Waals surface area contributed by atoms with Crippen LogP contribution in [0.1, 0.15) is 11.4 Å². The van der Waals surface area contributed by atoms with Crippen LogP contribution in [0.2, 0.25) is 0 Å². The fourth-order valence-electron chi connectivity index (χ4n) is 1.69. The van der Waals surface area contributed by atoms with Crippen LogP contribution in [0.25, 0.3) is 0 Å². The number of H-pyrrole nitrogens is 1. The SMILES string of the molecule is CN(Cc1ncc[nH]1)S(=O)(=O)c1cccc(CN)c1. The first-order valence-corrected chi connectivity index (χ1v) is 7.21. The lowest BCUT2D eigenvalue weighted by Crippen LogP contribution is -2.27. The molecule has 0 radical (unpaired) electrons. The Labute approximate surface area is 112 Å². The Morgan fingerprint density at radius 2 is 2.21 bits per heavy atom. The third-order valence-electron chi connectivity index (χ3n) is 2.77. The molecule has 0 unspecified atom stereocenters. The second kappa shape index (κ2) is 5.52. The first-order chi connectivity index (χ1) is 9.04. The summed E-state index contributed by atoms with van der Waals surface area (Å²) < 4.78 is 26.0. The molecule has 102 valence electrons. The summed E-state index contributed by atoms with van der Waals surface area (Å²) in [7, 11) is -2.01. The van der Waals surface area contributed by atoms with Gasteiger partial charge in [-0.25, -0.2) is 13.4 Å². The molecule has 0 bridgehead atoms. The highest BCUT2D eigenvalue weighted by atomic mass is 32.2. The van der Waals surface area contributed by atoms with Gasteiger partial charge in [0.15, 0.2) is 0 Å². The van der Waals surface area contributed by atoms with Crippen LogP contribution in [0, 0.1) is 0 Å². The molecule has 0 aliphatic heterocycles. The molecule has 2 aromatic rings. The number of benzene rings is 1. The molecule has 19 heavy (non-hydrogen) atoms. The molecule has 0 atom stereocenters. The highest BCUT2D eigenvalue weighted by molar-refractivity contribution is 7.89. The molecule has 0 aliphatic rings. The number of aromatic nitrogens is 2. The molecule has 0 saturated carbocycles. The van der Waals surface area contributed by atoms with Crippen LogP contribution in [0.4, 0.5) is 0 Å². The van der Waals surface area contributed by atoms with E-state index in [4.69, 9.17) is 5.73 Å². The summed E-state index contributed by atoms with van der Waals surface area (Å²) in [6.07, 6.45) is 3.25. The third-order valence-corrected chi connectivity index (χ3v) is 4.57. The van der Waals surface area contributed by atoms with Gasteiger partial charge in [-0.3, -0.25) is 0 Å². The summed E-state index contributed by atoms with van der Waals surface area (Å²) in [5.41, 5.74) is 6.31. The van der Waals surface area contributed by atoms with E-state index in [0.717, 1.165) is 5.56 Å². The van der Waals surface area contributed by atoms with Crippen molar-refractivity contribution in [3.05, 3.63) is 48.0 Å². The van der Waals surface area contributed by atoms with Gasteiger partial charge in [-0.2, -0.15) is 4.31 Å². The minimum atomic E-state index is -3.53. The van der Waals surface area contributed by atoms with Gasteiger partial charge in [-0.15, -0.1) is 0 Å². The van der Waals surface area contributed by atoms with Crippen molar-refractivity contribution >= 4 is 10.0 Å². The zero-order chi connectivity index (χ0) is 13.9.